The molecular weight excluding hydrogens is 336 g/mol. The Bertz CT molecular complexity index is 353. The Kier molecular flexibility index (Phi) is 15.6. The number of ketones is 1. The first-order chi connectivity index (χ1) is 11.9. The number of aliphatic hydroxyl groups is 1. The standard InChI is InChI=1S/C21H39ClO3/c1-3-4-5-6-7-8-9-10-11-12-13-14-15-16-17-18-19(23)21(2,25)20(22)24/h25H,3-18H2,1-2H3. The van der Waals surface area contributed by atoms with E-state index in [4.69, 9.17) is 11.6 Å². The predicted octanol–water partition coefficient (Wildman–Crippen LogP) is 6.33. The number of hydrogen-bond donors (Lipinski definition) is 1. The number of Topliss-reactive ketones (excluding diaryl/α,β-unsaturated/α-hetero) is 1. The summed E-state index contributed by atoms with van der Waals surface area (Å²) in [5.41, 5.74) is -2.02. The fraction of sp³-hybridized carbons (Fsp3) is 0.905. The van der Waals surface area contributed by atoms with Crippen molar-refractivity contribution in [1.29, 1.82) is 0 Å². The van der Waals surface area contributed by atoms with E-state index in [0.717, 1.165) is 19.3 Å². The van der Waals surface area contributed by atoms with Crippen LogP contribution in [0.25, 0.3) is 0 Å². The van der Waals surface area contributed by atoms with Crippen LogP contribution in [0, 0.1) is 0 Å². The Hall–Kier alpha value is -0.410. The molecule has 25 heavy (non-hydrogen) atoms. The van der Waals surface area contributed by atoms with Gasteiger partial charge in [0.1, 0.15) is 0 Å². The van der Waals surface area contributed by atoms with Gasteiger partial charge in [-0.1, -0.05) is 96.8 Å². The molecule has 0 spiro atoms. The molecule has 1 unspecified atom stereocenters. The van der Waals surface area contributed by atoms with Crippen LogP contribution in [0.5, 0.6) is 0 Å². The maximum Gasteiger partial charge on any atom is 0.260 e. The normalized spacial score (nSPS) is 13.6. The van der Waals surface area contributed by atoms with Gasteiger partial charge in [-0.25, -0.2) is 0 Å². The van der Waals surface area contributed by atoms with Gasteiger partial charge in [-0.05, 0) is 24.9 Å². The van der Waals surface area contributed by atoms with Gasteiger partial charge >= 0.3 is 0 Å². The summed E-state index contributed by atoms with van der Waals surface area (Å²) in [4.78, 5) is 22.6. The predicted molar refractivity (Wildman–Crippen MR) is 106 cm³/mol. The minimum absolute atomic E-state index is 0.226. The molecule has 1 atom stereocenters. The first-order valence-electron chi connectivity index (χ1n) is 10.4. The molecule has 0 aromatic carbocycles. The fourth-order valence-electron chi connectivity index (χ4n) is 3.01. The Morgan fingerprint density at radius 2 is 1.04 bits per heavy atom. The molecule has 148 valence electrons. The van der Waals surface area contributed by atoms with E-state index in [0.29, 0.717) is 0 Å². The minimum Gasteiger partial charge on any atom is -0.374 e. The summed E-state index contributed by atoms with van der Waals surface area (Å²) in [7, 11) is 0. The highest BCUT2D eigenvalue weighted by atomic mass is 35.5. The molecule has 0 aromatic rings. The van der Waals surface area contributed by atoms with Crippen molar-refractivity contribution in [3.8, 4) is 0 Å². The third kappa shape index (κ3) is 13.5. The van der Waals surface area contributed by atoms with E-state index in [9.17, 15) is 14.7 Å². The number of carbonyl (C=O) groups excluding carboxylic acids is 2. The first kappa shape index (κ1) is 24.6. The average Bonchev–Trinajstić information content (AvgIpc) is 2.57. The van der Waals surface area contributed by atoms with Crippen LogP contribution in [-0.2, 0) is 9.59 Å². The highest BCUT2D eigenvalue weighted by Crippen LogP contribution is 2.16. The van der Waals surface area contributed by atoms with Gasteiger partial charge in [-0.2, -0.15) is 0 Å². The summed E-state index contributed by atoms with van der Waals surface area (Å²) >= 11 is 5.23. The molecule has 0 radical (unpaired) electrons. The molecule has 0 heterocycles. The molecule has 3 nitrogen and oxygen atoms in total. The molecule has 0 aliphatic rings. The molecule has 0 rings (SSSR count). The van der Waals surface area contributed by atoms with Crippen LogP contribution in [0.15, 0.2) is 0 Å². The highest BCUT2D eigenvalue weighted by Gasteiger charge is 2.36. The molecule has 0 aliphatic heterocycles. The summed E-state index contributed by atoms with van der Waals surface area (Å²) in [6.45, 7) is 3.43. The quantitative estimate of drug-likeness (QED) is 0.173. The molecule has 0 saturated heterocycles. The molecule has 4 heteroatoms. The second kappa shape index (κ2) is 15.8. The number of hydrogen-bond acceptors (Lipinski definition) is 3. The lowest BCUT2D eigenvalue weighted by Gasteiger charge is -2.16. The number of halogens is 1. The van der Waals surface area contributed by atoms with Gasteiger partial charge < -0.3 is 5.11 Å². The summed E-state index contributed by atoms with van der Waals surface area (Å²) in [5.74, 6) is -0.470. The Labute approximate surface area is 159 Å². The van der Waals surface area contributed by atoms with Gasteiger partial charge in [0.2, 0.25) is 0 Å². The molecular formula is C21H39ClO3. The van der Waals surface area contributed by atoms with Crippen molar-refractivity contribution in [2.24, 2.45) is 0 Å². The smallest absolute Gasteiger partial charge is 0.260 e. The summed E-state index contributed by atoms with van der Waals surface area (Å²) < 4.78 is 0. The van der Waals surface area contributed by atoms with E-state index < -0.39 is 16.6 Å². The van der Waals surface area contributed by atoms with Crippen molar-refractivity contribution in [2.75, 3.05) is 0 Å². The van der Waals surface area contributed by atoms with Crippen molar-refractivity contribution < 1.29 is 14.7 Å². The molecule has 0 amide bonds. The van der Waals surface area contributed by atoms with E-state index in [1.807, 2.05) is 0 Å². The van der Waals surface area contributed by atoms with Crippen molar-refractivity contribution in [3.63, 3.8) is 0 Å². The second-order valence-corrected chi connectivity index (χ2v) is 7.81. The van der Waals surface area contributed by atoms with Gasteiger partial charge in [0.15, 0.2) is 11.4 Å². The molecule has 0 saturated carbocycles. The van der Waals surface area contributed by atoms with Crippen molar-refractivity contribution in [2.45, 2.75) is 122 Å². The van der Waals surface area contributed by atoms with Gasteiger partial charge in [0.25, 0.3) is 5.24 Å². The van der Waals surface area contributed by atoms with Crippen LogP contribution >= 0.6 is 11.6 Å². The second-order valence-electron chi connectivity index (χ2n) is 7.47. The van der Waals surface area contributed by atoms with E-state index in [-0.39, 0.29) is 6.42 Å². The largest absolute Gasteiger partial charge is 0.374 e. The van der Waals surface area contributed by atoms with Gasteiger partial charge in [-0.15, -0.1) is 0 Å². The van der Waals surface area contributed by atoms with E-state index >= 15 is 0 Å². The zero-order valence-corrected chi connectivity index (χ0v) is 17.2. The Morgan fingerprint density at radius 3 is 1.36 bits per heavy atom. The fourth-order valence-corrected chi connectivity index (χ4v) is 3.12. The Balaban J connectivity index is 3.29. The monoisotopic (exact) mass is 374 g/mol. The van der Waals surface area contributed by atoms with Gasteiger partial charge in [-0.3, -0.25) is 9.59 Å². The lowest BCUT2D eigenvalue weighted by atomic mass is 9.97. The molecule has 0 fully saturated rings. The zero-order valence-electron chi connectivity index (χ0n) is 16.5. The van der Waals surface area contributed by atoms with Crippen molar-refractivity contribution >= 4 is 22.6 Å². The number of carbonyl (C=O) groups is 2. The van der Waals surface area contributed by atoms with Crippen LogP contribution in [0.1, 0.15) is 117 Å². The summed E-state index contributed by atoms with van der Waals surface area (Å²) in [5, 5.41) is 8.66. The van der Waals surface area contributed by atoms with Gasteiger partial charge in [0.05, 0.1) is 0 Å². The highest BCUT2D eigenvalue weighted by molar-refractivity contribution is 6.67. The summed E-state index contributed by atoms with van der Waals surface area (Å²) in [6, 6.07) is 0. The SMILES string of the molecule is CCCCCCCCCCCCCCCCCC(=O)C(C)(O)C(=O)Cl. The average molecular weight is 375 g/mol. The number of unbranched alkanes of at least 4 members (excludes halogenated alkanes) is 14. The lowest BCUT2D eigenvalue weighted by molar-refractivity contribution is -0.144. The lowest BCUT2D eigenvalue weighted by Crippen LogP contribution is -2.40. The maximum absolute atomic E-state index is 11.7. The molecule has 0 bridgehead atoms. The van der Waals surface area contributed by atoms with Crippen LogP contribution in [0.4, 0.5) is 0 Å². The van der Waals surface area contributed by atoms with E-state index in [2.05, 4.69) is 6.92 Å². The van der Waals surface area contributed by atoms with Crippen molar-refractivity contribution in [3.05, 3.63) is 0 Å². The first-order valence-corrected chi connectivity index (χ1v) is 10.8. The van der Waals surface area contributed by atoms with Gasteiger partial charge in [0, 0.05) is 6.42 Å². The Morgan fingerprint density at radius 1 is 0.720 bits per heavy atom. The zero-order chi connectivity index (χ0) is 19.0. The van der Waals surface area contributed by atoms with E-state index in [1.54, 1.807) is 0 Å². The van der Waals surface area contributed by atoms with Crippen molar-refractivity contribution in [1.82, 2.24) is 0 Å². The topological polar surface area (TPSA) is 54.4 Å². The minimum atomic E-state index is -2.02. The molecule has 1 N–H and O–H groups in total. The molecule has 0 aliphatic carbocycles. The number of rotatable bonds is 18. The summed E-state index contributed by atoms with van der Waals surface area (Å²) in [6.07, 6.45) is 19.2. The third-order valence-electron chi connectivity index (χ3n) is 4.93. The maximum atomic E-state index is 11.7. The third-order valence-corrected chi connectivity index (χ3v) is 5.30. The van der Waals surface area contributed by atoms with Crippen LogP contribution in [-0.4, -0.2) is 21.7 Å². The van der Waals surface area contributed by atoms with Crippen LogP contribution in [0.2, 0.25) is 0 Å². The molecule has 0 aromatic heterocycles. The van der Waals surface area contributed by atoms with Crippen LogP contribution in [0.3, 0.4) is 0 Å². The van der Waals surface area contributed by atoms with E-state index in [1.165, 1.54) is 84.0 Å². The van der Waals surface area contributed by atoms with Crippen LogP contribution < -0.4 is 0 Å².